The average molecular weight is 348 g/mol. The third-order valence-electron chi connectivity index (χ3n) is 4.71. The molecule has 1 fully saturated rings. The van der Waals surface area contributed by atoms with E-state index in [9.17, 15) is 4.79 Å². The summed E-state index contributed by atoms with van der Waals surface area (Å²) < 4.78 is 1.98. The van der Waals surface area contributed by atoms with Crippen LogP contribution in [0.15, 0.2) is 30.6 Å². The van der Waals surface area contributed by atoms with Gasteiger partial charge in [0.15, 0.2) is 0 Å². The SMILES string of the molecule is CCn1cc(C2CCN(Cc3ccc(C(=O)O)c(Cl)c3)CC2)cn1. The van der Waals surface area contributed by atoms with Crippen LogP contribution >= 0.6 is 11.6 Å². The molecule has 1 aliphatic heterocycles. The van der Waals surface area contributed by atoms with E-state index >= 15 is 0 Å². The minimum absolute atomic E-state index is 0.159. The van der Waals surface area contributed by atoms with Crippen LogP contribution in [0.4, 0.5) is 0 Å². The van der Waals surface area contributed by atoms with Crippen molar-refractivity contribution in [2.45, 2.75) is 38.8 Å². The van der Waals surface area contributed by atoms with Crippen LogP contribution in [0.3, 0.4) is 0 Å². The highest BCUT2D eigenvalue weighted by atomic mass is 35.5. The number of likely N-dealkylation sites (tertiary alicyclic amines) is 1. The van der Waals surface area contributed by atoms with Gasteiger partial charge < -0.3 is 5.11 Å². The van der Waals surface area contributed by atoms with Crippen molar-refractivity contribution in [2.24, 2.45) is 0 Å². The molecule has 5 nitrogen and oxygen atoms in total. The van der Waals surface area contributed by atoms with E-state index in [1.807, 2.05) is 16.9 Å². The Morgan fingerprint density at radius 2 is 2.12 bits per heavy atom. The van der Waals surface area contributed by atoms with Crippen LogP contribution in [0.2, 0.25) is 5.02 Å². The molecule has 0 unspecified atom stereocenters. The Balaban J connectivity index is 1.57. The molecular weight excluding hydrogens is 326 g/mol. The van der Waals surface area contributed by atoms with Gasteiger partial charge in [0.1, 0.15) is 0 Å². The van der Waals surface area contributed by atoms with Gasteiger partial charge in [-0.2, -0.15) is 5.10 Å². The molecule has 1 saturated heterocycles. The summed E-state index contributed by atoms with van der Waals surface area (Å²) in [5.74, 6) is -0.403. The number of aromatic carboxylic acids is 1. The van der Waals surface area contributed by atoms with Crippen LogP contribution in [0.5, 0.6) is 0 Å². The molecule has 3 rings (SSSR count). The normalized spacial score (nSPS) is 16.4. The number of rotatable bonds is 5. The molecule has 0 saturated carbocycles. The fraction of sp³-hybridized carbons (Fsp3) is 0.444. The first-order valence-corrected chi connectivity index (χ1v) is 8.71. The van der Waals surface area contributed by atoms with Crippen molar-refractivity contribution >= 4 is 17.6 Å². The van der Waals surface area contributed by atoms with Crippen molar-refractivity contribution in [3.63, 3.8) is 0 Å². The minimum atomic E-state index is -0.986. The lowest BCUT2D eigenvalue weighted by molar-refractivity contribution is 0.0697. The molecule has 2 aromatic rings. The Morgan fingerprint density at radius 1 is 1.38 bits per heavy atom. The lowest BCUT2D eigenvalue weighted by atomic mass is 9.91. The second kappa shape index (κ2) is 7.36. The molecule has 0 bridgehead atoms. The molecule has 0 radical (unpaired) electrons. The average Bonchev–Trinajstić information content (AvgIpc) is 3.04. The zero-order chi connectivity index (χ0) is 17.1. The molecule has 128 valence electrons. The van der Waals surface area contributed by atoms with E-state index < -0.39 is 5.97 Å². The first-order valence-electron chi connectivity index (χ1n) is 8.33. The summed E-state index contributed by atoms with van der Waals surface area (Å²) >= 11 is 6.05. The molecule has 1 aromatic carbocycles. The van der Waals surface area contributed by atoms with Gasteiger partial charge in [0.2, 0.25) is 0 Å². The van der Waals surface area contributed by atoms with Crippen molar-refractivity contribution in [1.29, 1.82) is 0 Å². The first kappa shape index (κ1) is 17.0. The predicted octanol–water partition coefficient (Wildman–Crippen LogP) is 3.63. The Labute approximate surface area is 146 Å². The highest BCUT2D eigenvalue weighted by molar-refractivity contribution is 6.33. The minimum Gasteiger partial charge on any atom is -0.478 e. The van der Waals surface area contributed by atoms with Gasteiger partial charge in [-0.05, 0) is 62.0 Å². The summed E-state index contributed by atoms with van der Waals surface area (Å²) in [6, 6.07) is 5.21. The van der Waals surface area contributed by atoms with E-state index in [2.05, 4.69) is 23.1 Å². The molecule has 0 amide bonds. The zero-order valence-corrected chi connectivity index (χ0v) is 14.5. The molecule has 6 heteroatoms. The zero-order valence-electron chi connectivity index (χ0n) is 13.8. The lowest BCUT2D eigenvalue weighted by Crippen LogP contribution is -2.32. The van der Waals surface area contributed by atoms with Gasteiger partial charge in [-0.3, -0.25) is 9.58 Å². The molecular formula is C18H22ClN3O2. The number of aromatic nitrogens is 2. The molecule has 0 atom stereocenters. The quantitative estimate of drug-likeness (QED) is 0.897. The van der Waals surface area contributed by atoms with E-state index in [1.165, 1.54) is 5.56 Å². The molecule has 1 aliphatic rings. The predicted molar refractivity (Wildman–Crippen MR) is 93.6 cm³/mol. The van der Waals surface area contributed by atoms with Crippen LogP contribution in [0.25, 0.3) is 0 Å². The molecule has 24 heavy (non-hydrogen) atoms. The largest absolute Gasteiger partial charge is 0.478 e. The van der Waals surface area contributed by atoms with Gasteiger partial charge in [-0.1, -0.05) is 17.7 Å². The van der Waals surface area contributed by atoms with Gasteiger partial charge in [0, 0.05) is 19.3 Å². The second-order valence-electron chi connectivity index (χ2n) is 6.30. The van der Waals surface area contributed by atoms with Crippen LogP contribution in [-0.4, -0.2) is 38.8 Å². The number of hydrogen-bond acceptors (Lipinski definition) is 3. The summed E-state index contributed by atoms with van der Waals surface area (Å²) in [6.45, 7) is 5.87. The third kappa shape index (κ3) is 3.79. The monoisotopic (exact) mass is 347 g/mol. The van der Waals surface area contributed by atoms with Gasteiger partial charge in [-0.15, -0.1) is 0 Å². The highest BCUT2D eigenvalue weighted by Gasteiger charge is 2.22. The number of halogens is 1. The van der Waals surface area contributed by atoms with Crippen LogP contribution in [-0.2, 0) is 13.1 Å². The van der Waals surface area contributed by atoms with Crippen LogP contribution in [0.1, 0.15) is 47.2 Å². The second-order valence-corrected chi connectivity index (χ2v) is 6.71. The van der Waals surface area contributed by atoms with E-state index in [1.54, 1.807) is 12.1 Å². The Hall–Kier alpha value is -1.85. The number of piperidine rings is 1. The van der Waals surface area contributed by atoms with Crippen LogP contribution in [0, 0.1) is 0 Å². The Morgan fingerprint density at radius 3 is 2.71 bits per heavy atom. The van der Waals surface area contributed by atoms with Crippen molar-refractivity contribution in [3.05, 3.63) is 52.3 Å². The van der Waals surface area contributed by atoms with Gasteiger partial charge in [0.25, 0.3) is 0 Å². The standard InChI is InChI=1S/C18H22ClN3O2/c1-2-22-12-15(10-20-22)14-5-7-21(8-6-14)11-13-3-4-16(18(23)24)17(19)9-13/h3-4,9-10,12,14H,2,5-8,11H2,1H3,(H,23,24). The molecule has 2 heterocycles. The smallest absolute Gasteiger partial charge is 0.337 e. The van der Waals surface area contributed by atoms with E-state index in [0.717, 1.165) is 44.6 Å². The van der Waals surface area contributed by atoms with Gasteiger partial charge in [-0.25, -0.2) is 4.79 Å². The van der Waals surface area contributed by atoms with E-state index in [-0.39, 0.29) is 5.56 Å². The van der Waals surface area contributed by atoms with E-state index in [0.29, 0.717) is 10.9 Å². The fourth-order valence-electron chi connectivity index (χ4n) is 3.28. The highest BCUT2D eigenvalue weighted by Crippen LogP contribution is 2.28. The summed E-state index contributed by atoms with van der Waals surface area (Å²) in [5, 5.41) is 13.7. The number of hydrogen-bond donors (Lipinski definition) is 1. The summed E-state index contributed by atoms with van der Waals surface area (Å²) in [4.78, 5) is 13.4. The maximum absolute atomic E-state index is 11.0. The molecule has 0 aliphatic carbocycles. The van der Waals surface area contributed by atoms with Crippen molar-refractivity contribution in [3.8, 4) is 0 Å². The number of nitrogens with zero attached hydrogens (tertiary/aromatic N) is 3. The molecule has 1 aromatic heterocycles. The Bertz CT molecular complexity index is 721. The number of benzene rings is 1. The topological polar surface area (TPSA) is 58.4 Å². The summed E-state index contributed by atoms with van der Waals surface area (Å²) in [7, 11) is 0. The third-order valence-corrected chi connectivity index (χ3v) is 5.02. The van der Waals surface area contributed by atoms with Crippen LogP contribution < -0.4 is 0 Å². The number of carbonyl (C=O) groups is 1. The molecule has 0 spiro atoms. The van der Waals surface area contributed by atoms with Crippen molar-refractivity contribution in [1.82, 2.24) is 14.7 Å². The van der Waals surface area contributed by atoms with Gasteiger partial charge >= 0.3 is 5.97 Å². The maximum Gasteiger partial charge on any atom is 0.337 e. The fourth-order valence-corrected chi connectivity index (χ4v) is 3.56. The first-order chi connectivity index (χ1) is 11.6. The maximum atomic E-state index is 11.0. The number of carboxylic acids is 1. The summed E-state index contributed by atoms with van der Waals surface area (Å²) in [6.07, 6.45) is 6.39. The lowest BCUT2D eigenvalue weighted by Gasteiger charge is -2.31. The van der Waals surface area contributed by atoms with Crippen molar-refractivity contribution in [2.75, 3.05) is 13.1 Å². The summed E-state index contributed by atoms with van der Waals surface area (Å²) in [5.41, 5.74) is 2.56. The van der Waals surface area contributed by atoms with Crippen molar-refractivity contribution < 1.29 is 9.90 Å². The number of carboxylic acid groups (broad SMARTS) is 1. The van der Waals surface area contributed by atoms with E-state index in [4.69, 9.17) is 16.7 Å². The van der Waals surface area contributed by atoms with Gasteiger partial charge in [0.05, 0.1) is 16.8 Å². The molecule has 1 N–H and O–H groups in total. The number of aryl methyl sites for hydroxylation is 1. The Kier molecular flexibility index (Phi) is 5.21.